The molecule has 0 bridgehead atoms. The number of carbonyl (C=O) groups excluding carboxylic acids is 1. The first kappa shape index (κ1) is 17.4. The quantitative estimate of drug-likeness (QED) is 0.777. The third-order valence-electron chi connectivity index (χ3n) is 5.40. The summed E-state index contributed by atoms with van der Waals surface area (Å²) in [6, 6.07) is 1.96. The minimum absolute atomic E-state index is 0.0484. The van der Waals surface area contributed by atoms with Gasteiger partial charge in [-0.1, -0.05) is 0 Å². The largest absolute Gasteiger partial charge is 0.344 e. The molecule has 26 heavy (non-hydrogen) atoms. The van der Waals surface area contributed by atoms with Gasteiger partial charge in [-0.3, -0.25) is 9.63 Å². The summed E-state index contributed by atoms with van der Waals surface area (Å²) in [5.74, 6) is -1.17. The van der Waals surface area contributed by atoms with Crippen molar-refractivity contribution in [3.8, 4) is 0 Å². The van der Waals surface area contributed by atoms with E-state index in [1.165, 1.54) is 12.2 Å². The summed E-state index contributed by atoms with van der Waals surface area (Å²) in [5, 5.41) is 2.27. The van der Waals surface area contributed by atoms with E-state index in [9.17, 15) is 4.79 Å². The van der Waals surface area contributed by atoms with Crippen LogP contribution in [0.4, 0.5) is 0 Å². The highest BCUT2D eigenvalue weighted by molar-refractivity contribution is 5.80. The maximum Gasteiger partial charge on any atom is 0.251 e. The van der Waals surface area contributed by atoms with Gasteiger partial charge in [-0.2, -0.15) is 0 Å². The van der Waals surface area contributed by atoms with Crippen molar-refractivity contribution in [1.82, 2.24) is 19.6 Å². The second-order valence-corrected chi connectivity index (χ2v) is 7.41. The Hall–Kier alpha value is -2.03. The molecule has 0 spiro atoms. The summed E-state index contributed by atoms with van der Waals surface area (Å²) in [7, 11) is 3.10. The fourth-order valence-electron chi connectivity index (χ4n) is 4.16. The smallest absolute Gasteiger partial charge is 0.251 e. The average Bonchev–Trinajstić information content (AvgIpc) is 3.24. The molecule has 8 heteroatoms. The van der Waals surface area contributed by atoms with Gasteiger partial charge < -0.3 is 14.0 Å². The number of ether oxygens (including phenoxy) is 2. The lowest BCUT2D eigenvalue weighted by atomic mass is 10.0. The molecule has 2 aromatic heterocycles. The van der Waals surface area contributed by atoms with Gasteiger partial charge in [0.05, 0.1) is 24.8 Å². The monoisotopic (exact) mass is 360 g/mol. The van der Waals surface area contributed by atoms with Crippen molar-refractivity contribution in [3.05, 3.63) is 24.3 Å². The van der Waals surface area contributed by atoms with Gasteiger partial charge in [0, 0.05) is 18.6 Å². The van der Waals surface area contributed by atoms with Crippen molar-refractivity contribution in [2.75, 3.05) is 14.2 Å². The van der Waals surface area contributed by atoms with Crippen LogP contribution < -0.4 is 0 Å². The van der Waals surface area contributed by atoms with Gasteiger partial charge >= 0.3 is 0 Å². The van der Waals surface area contributed by atoms with Crippen LogP contribution in [-0.4, -0.2) is 57.7 Å². The van der Waals surface area contributed by atoms with Gasteiger partial charge in [0.2, 0.25) is 0 Å². The van der Waals surface area contributed by atoms with Gasteiger partial charge in [-0.05, 0) is 33.3 Å². The van der Waals surface area contributed by atoms with Crippen LogP contribution in [0.1, 0.15) is 32.0 Å². The Morgan fingerprint density at radius 1 is 1.35 bits per heavy atom. The molecule has 0 aromatic carbocycles. The van der Waals surface area contributed by atoms with Crippen molar-refractivity contribution in [1.29, 1.82) is 0 Å². The lowest BCUT2D eigenvalue weighted by Gasteiger charge is -2.25. The van der Waals surface area contributed by atoms with E-state index in [-0.39, 0.29) is 30.1 Å². The van der Waals surface area contributed by atoms with Crippen molar-refractivity contribution < 1.29 is 19.1 Å². The minimum atomic E-state index is -0.730. The molecule has 1 amide bonds. The highest BCUT2D eigenvalue weighted by Crippen LogP contribution is 2.48. The van der Waals surface area contributed by atoms with E-state index in [0.29, 0.717) is 6.42 Å². The molecule has 0 unspecified atom stereocenters. The second-order valence-electron chi connectivity index (χ2n) is 7.41. The van der Waals surface area contributed by atoms with Crippen LogP contribution >= 0.6 is 0 Å². The normalized spacial score (nSPS) is 29.9. The first-order valence-electron chi connectivity index (χ1n) is 8.78. The molecule has 3 heterocycles. The van der Waals surface area contributed by atoms with Crippen LogP contribution in [0.5, 0.6) is 0 Å². The van der Waals surface area contributed by atoms with E-state index in [1.807, 2.05) is 33.0 Å². The fourth-order valence-corrected chi connectivity index (χ4v) is 4.16. The van der Waals surface area contributed by atoms with Gasteiger partial charge in [0.1, 0.15) is 24.2 Å². The molecule has 1 aliphatic carbocycles. The number of aromatic nitrogens is 3. The molecule has 1 aliphatic heterocycles. The number of nitrogens with zero attached hydrogens (tertiary/aromatic N) is 4. The third kappa shape index (κ3) is 2.60. The standard InChI is InChI=1S/C18H24N4O4/c1-10-11-6-7-22(16(11)20-9-19-10)13-8-12(17(23)21(4)24-5)14-15(13)26-18(2,3)25-14/h6-7,9,12-15H,8H2,1-5H3/t12-,13+,14+,15-/m0/s1. The van der Waals surface area contributed by atoms with E-state index in [2.05, 4.69) is 14.5 Å². The predicted molar refractivity (Wildman–Crippen MR) is 93.0 cm³/mol. The number of hydrogen-bond donors (Lipinski definition) is 0. The SMILES string of the molecule is CON(C)C(=O)[C@H]1C[C@@H](n2ccc3c(C)ncnc32)[C@@H]2OC(C)(C)O[C@@H]21. The van der Waals surface area contributed by atoms with Gasteiger partial charge in [0.25, 0.3) is 5.91 Å². The van der Waals surface area contributed by atoms with Gasteiger partial charge in [-0.15, -0.1) is 0 Å². The van der Waals surface area contributed by atoms with E-state index in [1.54, 1.807) is 13.4 Å². The lowest BCUT2D eigenvalue weighted by molar-refractivity contribution is -0.184. The molecule has 1 saturated heterocycles. The van der Waals surface area contributed by atoms with Crippen LogP contribution in [0, 0.1) is 12.8 Å². The van der Waals surface area contributed by atoms with Crippen molar-refractivity contribution in [3.63, 3.8) is 0 Å². The number of rotatable bonds is 3. The molecule has 4 atom stereocenters. The minimum Gasteiger partial charge on any atom is -0.344 e. The Bertz CT molecular complexity index is 849. The molecule has 0 N–H and O–H groups in total. The molecule has 2 fully saturated rings. The predicted octanol–water partition coefficient (Wildman–Crippen LogP) is 1.84. The Morgan fingerprint density at radius 3 is 2.81 bits per heavy atom. The summed E-state index contributed by atoms with van der Waals surface area (Å²) in [6.07, 6.45) is 3.62. The summed E-state index contributed by atoms with van der Waals surface area (Å²) in [4.78, 5) is 26.6. The van der Waals surface area contributed by atoms with Crippen molar-refractivity contribution >= 4 is 16.9 Å². The van der Waals surface area contributed by atoms with Crippen molar-refractivity contribution in [2.24, 2.45) is 5.92 Å². The number of amides is 1. The molecular formula is C18H24N4O4. The van der Waals surface area contributed by atoms with Crippen molar-refractivity contribution in [2.45, 2.75) is 51.2 Å². The Balaban J connectivity index is 1.74. The summed E-state index contributed by atoms with van der Waals surface area (Å²) < 4.78 is 14.4. The number of fused-ring (bicyclic) bond motifs is 2. The van der Waals surface area contributed by atoms with Gasteiger partial charge in [0.15, 0.2) is 5.79 Å². The number of aryl methyl sites for hydroxylation is 1. The van der Waals surface area contributed by atoms with E-state index < -0.39 is 5.79 Å². The van der Waals surface area contributed by atoms with E-state index >= 15 is 0 Å². The van der Waals surface area contributed by atoms with Crippen LogP contribution in [0.3, 0.4) is 0 Å². The summed E-state index contributed by atoms with van der Waals surface area (Å²) in [5.41, 5.74) is 1.78. The Kier molecular flexibility index (Phi) is 4.02. The number of carbonyl (C=O) groups is 1. The molecule has 1 saturated carbocycles. The first-order valence-corrected chi connectivity index (χ1v) is 8.78. The molecule has 2 aromatic rings. The maximum atomic E-state index is 12.8. The van der Waals surface area contributed by atoms with Crippen LogP contribution in [0.25, 0.3) is 11.0 Å². The summed E-state index contributed by atoms with van der Waals surface area (Å²) >= 11 is 0. The van der Waals surface area contributed by atoms with Gasteiger partial charge in [-0.25, -0.2) is 15.0 Å². The average molecular weight is 360 g/mol. The fraction of sp³-hybridized carbons (Fsp3) is 0.611. The number of hydroxylamine groups is 2. The van der Waals surface area contributed by atoms with Crippen LogP contribution in [0.2, 0.25) is 0 Å². The maximum absolute atomic E-state index is 12.8. The Morgan fingerprint density at radius 2 is 2.08 bits per heavy atom. The van der Waals surface area contributed by atoms with E-state index in [4.69, 9.17) is 14.3 Å². The van der Waals surface area contributed by atoms with Crippen LogP contribution in [-0.2, 0) is 19.1 Å². The molecule has 4 rings (SSSR count). The zero-order valence-corrected chi connectivity index (χ0v) is 15.7. The topological polar surface area (TPSA) is 78.7 Å². The summed E-state index contributed by atoms with van der Waals surface area (Å²) in [6.45, 7) is 5.72. The molecule has 8 nitrogen and oxygen atoms in total. The molecule has 0 radical (unpaired) electrons. The lowest BCUT2D eigenvalue weighted by Crippen LogP contribution is -2.38. The highest BCUT2D eigenvalue weighted by Gasteiger charge is 2.57. The van der Waals surface area contributed by atoms with E-state index in [0.717, 1.165) is 16.7 Å². The Labute approximate surface area is 152 Å². The zero-order chi connectivity index (χ0) is 18.6. The molecular weight excluding hydrogens is 336 g/mol. The number of hydrogen-bond acceptors (Lipinski definition) is 6. The second kappa shape index (κ2) is 6.00. The highest BCUT2D eigenvalue weighted by atomic mass is 16.8. The first-order chi connectivity index (χ1) is 12.3. The van der Waals surface area contributed by atoms with Crippen LogP contribution in [0.15, 0.2) is 18.6 Å². The molecule has 2 aliphatic rings. The molecule has 140 valence electrons. The zero-order valence-electron chi connectivity index (χ0n) is 15.7. The third-order valence-corrected chi connectivity index (χ3v) is 5.40.